The molecule has 33 heavy (non-hydrogen) atoms. The molecule has 5 nitrogen and oxygen atoms in total. The molecule has 1 fully saturated rings. The lowest BCUT2D eigenvalue weighted by Crippen LogP contribution is -2.42. The summed E-state index contributed by atoms with van der Waals surface area (Å²) in [4.78, 5) is 13.6. The van der Waals surface area contributed by atoms with Gasteiger partial charge in [-0.15, -0.1) is 0 Å². The van der Waals surface area contributed by atoms with E-state index in [0.29, 0.717) is 19.6 Å². The van der Waals surface area contributed by atoms with Crippen LogP contribution >= 0.6 is 0 Å². The number of nitrogens with one attached hydrogen (secondary N) is 1. The van der Waals surface area contributed by atoms with Crippen molar-refractivity contribution in [3.8, 4) is 5.75 Å². The number of aromatic nitrogens is 1. The normalized spacial score (nSPS) is 17.3. The average molecular weight is 447 g/mol. The second-order valence-corrected chi connectivity index (χ2v) is 9.83. The maximum absolute atomic E-state index is 13.6. The van der Waals surface area contributed by atoms with Gasteiger partial charge >= 0.3 is 0 Å². The highest BCUT2D eigenvalue weighted by Gasteiger charge is 2.28. The molecule has 5 heteroatoms. The van der Waals surface area contributed by atoms with Crippen LogP contribution in [-0.2, 0) is 25.9 Å². The van der Waals surface area contributed by atoms with Crippen LogP contribution in [0, 0.1) is 0 Å². The van der Waals surface area contributed by atoms with E-state index in [9.17, 15) is 9.90 Å². The van der Waals surface area contributed by atoms with E-state index in [4.69, 9.17) is 4.74 Å². The van der Waals surface area contributed by atoms with Gasteiger partial charge < -0.3 is 19.7 Å². The Bertz CT molecular complexity index is 1190. The first kappa shape index (κ1) is 22.2. The fourth-order valence-electron chi connectivity index (χ4n) is 5.53. The number of ether oxygens (including phenoxy) is 1. The van der Waals surface area contributed by atoms with Crippen molar-refractivity contribution in [3.63, 3.8) is 0 Å². The maximum Gasteiger partial charge on any atom is 0.255 e. The number of rotatable bonds is 7. The van der Waals surface area contributed by atoms with Crippen LogP contribution in [0.3, 0.4) is 0 Å². The Balaban J connectivity index is 1.47. The quantitative estimate of drug-likeness (QED) is 0.567. The van der Waals surface area contributed by atoms with Crippen molar-refractivity contribution in [1.82, 2.24) is 9.88 Å². The second-order valence-electron chi connectivity index (χ2n) is 9.83. The topological polar surface area (TPSA) is 63.5 Å². The van der Waals surface area contributed by atoms with E-state index >= 15 is 0 Å². The van der Waals surface area contributed by atoms with Crippen LogP contribution in [-0.4, -0.2) is 28.9 Å². The minimum atomic E-state index is -0.641. The number of nitrogens with zero attached hydrogens (tertiary/aromatic N) is 1. The molecule has 0 radical (unpaired) electrons. The van der Waals surface area contributed by atoms with Gasteiger partial charge in [0.25, 0.3) is 5.56 Å². The van der Waals surface area contributed by atoms with Gasteiger partial charge in [-0.2, -0.15) is 0 Å². The van der Waals surface area contributed by atoms with Crippen molar-refractivity contribution in [2.24, 2.45) is 0 Å². The summed E-state index contributed by atoms with van der Waals surface area (Å²) in [5, 5.41) is 15.4. The summed E-state index contributed by atoms with van der Waals surface area (Å²) in [7, 11) is 1.66. The van der Waals surface area contributed by atoms with Gasteiger partial charge in [-0.3, -0.25) is 4.79 Å². The van der Waals surface area contributed by atoms with Crippen molar-refractivity contribution in [2.45, 2.75) is 70.1 Å². The summed E-state index contributed by atoms with van der Waals surface area (Å²) in [6, 6.07) is 14.5. The molecule has 2 aliphatic carbocycles. The molecule has 3 aromatic rings. The van der Waals surface area contributed by atoms with Gasteiger partial charge in [0.05, 0.1) is 24.8 Å². The number of methoxy groups -OCH3 is 1. The lowest BCUT2D eigenvalue weighted by molar-refractivity contribution is 0.00465. The van der Waals surface area contributed by atoms with Gasteiger partial charge in [0, 0.05) is 18.7 Å². The standard InChI is InChI=1S/C28H34N2O3/c1-33-25-10-8-20(9-11-25)18-30-26-16-22-7-5-6-21(22)14-23(26)15-24(27(30)31)17-29-19-28(32)12-3-2-4-13-28/h8-11,14-16,29,32H,2-7,12-13,17-19H2,1H3. The molecule has 2 aromatic carbocycles. The zero-order valence-electron chi connectivity index (χ0n) is 19.5. The summed E-state index contributed by atoms with van der Waals surface area (Å²) in [6.45, 7) is 1.53. The first-order chi connectivity index (χ1) is 16.0. The first-order valence-corrected chi connectivity index (χ1v) is 12.3. The van der Waals surface area contributed by atoms with E-state index in [0.717, 1.165) is 66.3 Å². The van der Waals surface area contributed by atoms with Crippen molar-refractivity contribution >= 4 is 10.9 Å². The smallest absolute Gasteiger partial charge is 0.255 e. The Hall–Kier alpha value is -2.63. The number of benzene rings is 2. The molecule has 0 aliphatic heterocycles. The van der Waals surface area contributed by atoms with Crippen LogP contribution in [0.15, 0.2) is 47.3 Å². The van der Waals surface area contributed by atoms with Gasteiger partial charge in [0.1, 0.15) is 5.75 Å². The molecular formula is C28H34N2O3. The summed E-state index contributed by atoms with van der Waals surface area (Å²) in [5.74, 6) is 0.812. The number of hydrogen-bond acceptors (Lipinski definition) is 4. The summed E-state index contributed by atoms with van der Waals surface area (Å²) in [6.07, 6.45) is 8.42. The summed E-state index contributed by atoms with van der Waals surface area (Å²) >= 11 is 0. The third-order valence-electron chi connectivity index (χ3n) is 7.44. The van der Waals surface area contributed by atoms with Crippen LogP contribution in [0.2, 0.25) is 0 Å². The number of hydrogen-bond donors (Lipinski definition) is 2. The molecule has 2 N–H and O–H groups in total. The largest absolute Gasteiger partial charge is 0.497 e. The predicted molar refractivity (Wildman–Crippen MR) is 132 cm³/mol. The van der Waals surface area contributed by atoms with Gasteiger partial charge in [-0.25, -0.2) is 0 Å². The van der Waals surface area contributed by atoms with Gasteiger partial charge in [-0.05, 0) is 84.5 Å². The van der Waals surface area contributed by atoms with Gasteiger partial charge in [0.15, 0.2) is 0 Å². The van der Waals surface area contributed by atoms with Crippen LogP contribution in [0.4, 0.5) is 0 Å². The monoisotopic (exact) mass is 446 g/mol. The molecule has 1 heterocycles. The van der Waals surface area contributed by atoms with E-state index in [-0.39, 0.29) is 5.56 Å². The first-order valence-electron chi connectivity index (χ1n) is 12.3. The van der Waals surface area contributed by atoms with E-state index in [1.165, 1.54) is 24.0 Å². The minimum Gasteiger partial charge on any atom is -0.497 e. The van der Waals surface area contributed by atoms with E-state index in [1.807, 2.05) is 28.8 Å². The average Bonchev–Trinajstić information content (AvgIpc) is 3.28. The molecule has 1 aromatic heterocycles. The molecule has 0 spiro atoms. The Morgan fingerprint density at radius 1 is 1.00 bits per heavy atom. The second kappa shape index (κ2) is 9.32. The van der Waals surface area contributed by atoms with Crippen molar-refractivity contribution in [3.05, 3.63) is 75.1 Å². The third-order valence-corrected chi connectivity index (χ3v) is 7.44. The molecule has 1 saturated carbocycles. The third kappa shape index (κ3) is 4.71. The molecule has 174 valence electrons. The highest BCUT2D eigenvalue weighted by Crippen LogP contribution is 2.29. The Morgan fingerprint density at radius 3 is 2.45 bits per heavy atom. The minimum absolute atomic E-state index is 0.0411. The van der Waals surface area contributed by atoms with Crippen molar-refractivity contribution < 1.29 is 9.84 Å². The lowest BCUT2D eigenvalue weighted by atomic mass is 9.85. The SMILES string of the molecule is COc1ccc(Cn2c(=O)c(CNCC3(O)CCCCC3)cc3cc4c(cc32)CCC4)cc1. The van der Waals surface area contributed by atoms with E-state index in [1.54, 1.807) is 7.11 Å². The zero-order chi connectivity index (χ0) is 22.8. The fraction of sp³-hybridized carbons (Fsp3) is 0.464. The molecule has 0 unspecified atom stereocenters. The number of aliphatic hydroxyl groups is 1. The summed E-state index contributed by atoms with van der Waals surface area (Å²) in [5.41, 5.74) is 5.02. The van der Waals surface area contributed by atoms with Crippen LogP contribution in [0.1, 0.15) is 60.8 Å². The van der Waals surface area contributed by atoms with Crippen LogP contribution in [0.5, 0.6) is 5.75 Å². The molecular weight excluding hydrogens is 412 g/mol. The molecule has 2 aliphatic rings. The predicted octanol–water partition coefficient (Wildman–Crippen LogP) is 4.33. The highest BCUT2D eigenvalue weighted by atomic mass is 16.5. The van der Waals surface area contributed by atoms with E-state index < -0.39 is 5.60 Å². The van der Waals surface area contributed by atoms with Gasteiger partial charge in [0.2, 0.25) is 0 Å². The van der Waals surface area contributed by atoms with Crippen LogP contribution in [0.25, 0.3) is 10.9 Å². The molecule has 0 amide bonds. The number of fused-ring (bicyclic) bond motifs is 2. The number of pyridine rings is 1. The van der Waals surface area contributed by atoms with Crippen LogP contribution < -0.4 is 15.6 Å². The molecule has 5 rings (SSSR count). The highest BCUT2D eigenvalue weighted by molar-refractivity contribution is 5.82. The zero-order valence-corrected chi connectivity index (χ0v) is 19.5. The molecule has 0 atom stereocenters. The Labute approximate surface area is 195 Å². The fourth-order valence-corrected chi connectivity index (χ4v) is 5.53. The molecule has 0 bridgehead atoms. The Morgan fingerprint density at radius 2 is 1.73 bits per heavy atom. The Kier molecular flexibility index (Phi) is 6.26. The maximum atomic E-state index is 13.6. The van der Waals surface area contributed by atoms with E-state index in [2.05, 4.69) is 23.5 Å². The molecule has 0 saturated heterocycles. The van der Waals surface area contributed by atoms with Crippen molar-refractivity contribution in [1.29, 1.82) is 0 Å². The number of aryl methyl sites for hydroxylation is 2. The lowest BCUT2D eigenvalue weighted by Gasteiger charge is -2.32. The summed E-state index contributed by atoms with van der Waals surface area (Å²) < 4.78 is 7.21. The van der Waals surface area contributed by atoms with Crippen molar-refractivity contribution in [2.75, 3.05) is 13.7 Å². The van der Waals surface area contributed by atoms with Gasteiger partial charge in [-0.1, -0.05) is 31.4 Å².